The number of allylic oxidation sites excluding steroid dienone is 3. The van der Waals surface area contributed by atoms with Crippen molar-refractivity contribution in [1.29, 1.82) is 0 Å². The van der Waals surface area contributed by atoms with Gasteiger partial charge >= 0.3 is 0 Å². The zero-order valence-corrected chi connectivity index (χ0v) is 12.4. The first-order valence-corrected chi connectivity index (χ1v) is 6.68. The van der Waals surface area contributed by atoms with Gasteiger partial charge in [-0.15, -0.1) is 0 Å². The van der Waals surface area contributed by atoms with Gasteiger partial charge in [0.05, 0.1) is 12.0 Å². The summed E-state index contributed by atoms with van der Waals surface area (Å²) in [6.45, 7) is 5.56. The van der Waals surface area contributed by atoms with Crippen LogP contribution in [0.5, 0.6) is 0 Å². The van der Waals surface area contributed by atoms with Gasteiger partial charge in [0.15, 0.2) is 0 Å². The van der Waals surface area contributed by atoms with Crippen molar-refractivity contribution in [3.05, 3.63) is 47.4 Å². The summed E-state index contributed by atoms with van der Waals surface area (Å²) in [5.74, 6) is 0.302. The normalized spacial score (nSPS) is 15.4. The van der Waals surface area contributed by atoms with E-state index >= 15 is 0 Å². The summed E-state index contributed by atoms with van der Waals surface area (Å²) in [6, 6.07) is 7.77. The van der Waals surface area contributed by atoms with Crippen LogP contribution in [-0.2, 0) is 0 Å². The molecule has 92 valence electrons. The third kappa shape index (κ3) is 3.25. The minimum absolute atomic E-state index is 0.200. The molecule has 0 aliphatic rings. The van der Waals surface area contributed by atoms with Crippen molar-refractivity contribution in [3.63, 3.8) is 0 Å². The van der Waals surface area contributed by atoms with Crippen LogP contribution in [-0.4, -0.2) is 14.1 Å². The molecule has 0 bridgehead atoms. The van der Waals surface area contributed by atoms with E-state index in [4.69, 9.17) is 0 Å². The first-order chi connectivity index (χ1) is 7.99. The lowest BCUT2D eigenvalue weighted by Gasteiger charge is -2.15. The smallest absolute Gasteiger partial charge is 0.0926 e. The summed E-state index contributed by atoms with van der Waals surface area (Å²) in [6.07, 6.45) is 1.15. The largest absolute Gasteiger partial charge is 0.515 e. The van der Waals surface area contributed by atoms with Crippen molar-refractivity contribution < 1.29 is 10.2 Å². The Bertz CT molecular complexity index is 455. The molecule has 1 aromatic rings. The van der Waals surface area contributed by atoms with Gasteiger partial charge in [0.1, 0.15) is 0 Å². The fraction of sp³-hybridized carbons (Fsp3) is 0.286. The molecule has 1 unspecified atom stereocenters. The minimum Gasteiger partial charge on any atom is -0.515 e. The lowest BCUT2D eigenvalue weighted by Crippen LogP contribution is -2.00. The van der Waals surface area contributed by atoms with Gasteiger partial charge in [0, 0.05) is 9.50 Å². The maximum atomic E-state index is 9.59. The second-order valence-electron chi connectivity index (χ2n) is 3.96. The van der Waals surface area contributed by atoms with Gasteiger partial charge in [-0.05, 0) is 37.5 Å². The monoisotopic (exact) mass is 344 g/mol. The second kappa shape index (κ2) is 6.10. The summed E-state index contributed by atoms with van der Waals surface area (Å²) >= 11 is 2.26. The molecule has 0 aliphatic carbocycles. The van der Waals surface area contributed by atoms with E-state index in [-0.39, 0.29) is 3.92 Å². The Morgan fingerprint density at radius 3 is 2.18 bits per heavy atom. The second-order valence-corrected chi connectivity index (χ2v) is 5.82. The Balaban J connectivity index is 3.41. The van der Waals surface area contributed by atoms with E-state index in [9.17, 15) is 10.2 Å². The molecule has 0 aromatic heterocycles. The fourth-order valence-corrected chi connectivity index (χ4v) is 2.14. The van der Waals surface area contributed by atoms with Crippen molar-refractivity contribution in [2.75, 3.05) is 0 Å². The highest BCUT2D eigenvalue weighted by Crippen LogP contribution is 2.30. The molecule has 0 amide bonds. The number of rotatable bonds is 3. The molecule has 3 heteroatoms. The number of benzene rings is 1. The van der Waals surface area contributed by atoms with Crippen LogP contribution >= 0.6 is 22.6 Å². The Morgan fingerprint density at radius 1 is 1.24 bits per heavy atom. The zero-order chi connectivity index (χ0) is 13.0. The molecule has 0 radical (unpaired) electrons. The molecule has 2 nitrogen and oxygen atoms in total. The van der Waals surface area contributed by atoms with Crippen LogP contribution in [0.2, 0.25) is 0 Å². The summed E-state index contributed by atoms with van der Waals surface area (Å²) in [5, 5.41) is 18.9. The molecule has 1 atom stereocenters. The molecule has 17 heavy (non-hydrogen) atoms. The number of aliphatic hydroxyl groups excluding tert-OH is 2. The molecule has 0 saturated carbocycles. The van der Waals surface area contributed by atoms with Crippen LogP contribution in [0.1, 0.15) is 31.9 Å². The highest BCUT2D eigenvalue weighted by molar-refractivity contribution is 14.1. The van der Waals surface area contributed by atoms with Gasteiger partial charge in [-0.1, -0.05) is 46.9 Å². The summed E-state index contributed by atoms with van der Waals surface area (Å²) in [5.41, 5.74) is 3.61. The molecule has 0 aliphatic heterocycles. The topological polar surface area (TPSA) is 40.5 Å². The molecule has 0 spiro atoms. The zero-order valence-electron chi connectivity index (χ0n) is 10.2. The van der Waals surface area contributed by atoms with Crippen molar-refractivity contribution in [3.8, 4) is 0 Å². The Labute approximate surface area is 116 Å². The highest BCUT2D eigenvalue weighted by Gasteiger charge is 2.13. The first kappa shape index (κ1) is 14.1. The number of aliphatic hydroxyl groups is 2. The van der Waals surface area contributed by atoms with Gasteiger partial charge in [-0.2, -0.15) is 0 Å². The molecule has 1 rings (SSSR count). The third-order valence-electron chi connectivity index (χ3n) is 2.75. The highest BCUT2D eigenvalue weighted by atomic mass is 127. The lowest BCUT2D eigenvalue weighted by atomic mass is 9.94. The molecular weight excluding hydrogens is 327 g/mol. The van der Waals surface area contributed by atoms with E-state index in [0.29, 0.717) is 5.76 Å². The van der Waals surface area contributed by atoms with Crippen LogP contribution < -0.4 is 0 Å². The van der Waals surface area contributed by atoms with E-state index in [1.54, 1.807) is 6.92 Å². The maximum Gasteiger partial charge on any atom is 0.0926 e. The Morgan fingerprint density at radius 2 is 1.76 bits per heavy atom. The van der Waals surface area contributed by atoms with E-state index in [1.165, 1.54) is 0 Å². The van der Waals surface area contributed by atoms with Crippen LogP contribution in [0.15, 0.2) is 36.3 Å². The Kier molecular flexibility index (Phi) is 5.05. The predicted octanol–water partition coefficient (Wildman–Crippen LogP) is 4.72. The van der Waals surface area contributed by atoms with E-state index < -0.39 is 0 Å². The maximum absolute atomic E-state index is 9.59. The van der Waals surface area contributed by atoms with Crippen LogP contribution in [0, 0.1) is 0 Å². The average molecular weight is 344 g/mol. The number of alkyl halides is 1. The predicted molar refractivity (Wildman–Crippen MR) is 81.4 cm³/mol. The standard InChI is InChI=1S/C14H17IO2/c1-9(11(3)17)12-6-4-5-7-13(12)14(8-16)10(2)15/h4-8,10,16-17H,1-3H3/b11-9-,14-8+. The fourth-order valence-electron chi connectivity index (χ4n) is 1.64. The van der Waals surface area contributed by atoms with Gasteiger partial charge in [0.2, 0.25) is 0 Å². The van der Waals surface area contributed by atoms with Crippen LogP contribution in [0.4, 0.5) is 0 Å². The molecule has 2 N–H and O–H groups in total. The minimum atomic E-state index is 0.200. The van der Waals surface area contributed by atoms with Gasteiger partial charge < -0.3 is 10.2 Å². The average Bonchev–Trinajstić information content (AvgIpc) is 2.29. The third-order valence-corrected chi connectivity index (χ3v) is 3.42. The van der Waals surface area contributed by atoms with E-state index in [1.807, 2.05) is 38.1 Å². The Hall–Kier alpha value is -0.970. The van der Waals surface area contributed by atoms with Crippen molar-refractivity contribution in [2.45, 2.75) is 24.7 Å². The number of hydrogen-bond acceptors (Lipinski definition) is 2. The van der Waals surface area contributed by atoms with Gasteiger partial charge in [-0.3, -0.25) is 0 Å². The molecule has 0 saturated heterocycles. The SMILES string of the molecule is C/C(O)=C(\C)c1ccccc1/C(=C/O)C(C)I. The van der Waals surface area contributed by atoms with Crippen LogP contribution in [0.3, 0.4) is 0 Å². The lowest BCUT2D eigenvalue weighted by molar-refractivity contribution is 0.416. The van der Waals surface area contributed by atoms with Crippen LogP contribution in [0.25, 0.3) is 11.1 Å². The van der Waals surface area contributed by atoms with E-state index in [0.717, 1.165) is 28.5 Å². The summed E-state index contributed by atoms with van der Waals surface area (Å²) < 4.78 is 0.200. The van der Waals surface area contributed by atoms with Gasteiger partial charge in [-0.25, -0.2) is 0 Å². The van der Waals surface area contributed by atoms with Crippen molar-refractivity contribution in [2.24, 2.45) is 0 Å². The van der Waals surface area contributed by atoms with Crippen molar-refractivity contribution in [1.82, 2.24) is 0 Å². The molecule has 0 heterocycles. The number of halogens is 1. The summed E-state index contributed by atoms with van der Waals surface area (Å²) in [4.78, 5) is 0. The first-order valence-electron chi connectivity index (χ1n) is 5.43. The quantitative estimate of drug-likeness (QED) is 0.473. The summed E-state index contributed by atoms with van der Waals surface area (Å²) in [7, 11) is 0. The van der Waals surface area contributed by atoms with Crippen molar-refractivity contribution >= 4 is 33.7 Å². The van der Waals surface area contributed by atoms with E-state index in [2.05, 4.69) is 22.6 Å². The molecular formula is C14H17IO2. The molecule has 0 fully saturated rings. The number of hydrogen-bond donors (Lipinski definition) is 2. The van der Waals surface area contributed by atoms with Gasteiger partial charge in [0.25, 0.3) is 0 Å². The molecule has 1 aromatic carbocycles.